The number of ether oxygens (including phenoxy) is 1. The number of pyridine rings is 1. The molecule has 0 aromatic carbocycles. The van der Waals surface area contributed by atoms with Crippen LogP contribution in [0.15, 0.2) is 36.9 Å². The molecule has 30 heavy (non-hydrogen) atoms. The number of piperazine rings is 1. The molecule has 1 N–H and O–H groups in total. The Labute approximate surface area is 175 Å². The maximum absolute atomic E-state index is 12.3. The molecular weight excluding hydrogens is 384 g/mol. The van der Waals surface area contributed by atoms with E-state index in [9.17, 15) is 4.79 Å². The normalized spacial score (nSPS) is 15.1. The van der Waals surface area contributed by atoms with E-state index in [2.05, 4.69) is 27.2 Å². The highest BCUT2D eigenvalue weighted by Crippen LogP contribution is 2.26. The summed E-state index contributed by atoms with van der Waals surface area (Å²) in [7, 11) is 0. The number of anilines is 1. The second kappa shape index (κ2) is 7.98. The molecule has 1 aliphatic heterocycles. The Morgan fingerprint density at radius 1 is 1.07 bits per heavy atom. The van der Waals surface area contributed by atoms with Crippen LogP contribution in [0.3, 0.4) is 0 Å². The Balaban J connectivity index is 1.46. The lowest BCUT2D eigenvalue weighted by Gasteiger charge is -2.36. The van der Waals surface area contributed by atoms with Gasteiger partial charge in [0.05, 0.1) is 36.7 Å². The largest absolute Gasteiger partial charge is 0.444 e. The van der Waals surface area contributed by atoms with Crippen molar-refractivity contribution in [3.63, 3.8) is 0 Å². The molecule has 3 aromatic heterocycles. The summed E-state index contributed by atoms with van der Waals surface area (Å²) in [6, 6.07) is 4.11. The number of hydrogen-bond acceptors (Lipinski definition) is 6. The molecule has 160 valence electrons. The lowest BCUT2D eigenvalue weighted by Crippen LogP contribution is -2.50. The van der Waals surface area contributed by atoms with Crippen molar-refractivity contribution in [1.82, 2.24) is 24.3 Å². The number of fused-ring (bicyclic) bond motifs is 1. The molecule has 0 atom stereocenters. The maximum Gasteiger partial charge on any atom is 0.410 e. The van der Waals surface area contributed by atoms with E-state index in [4.69, 9.17) is 9.84 Å². The number of aromatic nitrogens is 4. The highest BCUT2D eigenvalue weighted by molar-refractivity contribution is 5.76. The quantitative estimate of drug-likeness (QED) is 0.707. The molecule has 0 bridgehead atoms. The Morgan fingerprint density at radius 3 is 2.53 bits per heavy atom. The summed E-state index contributed by atoms with van der Waals surface area (Å²) < 4.78 is 9.07. The zero-order valence-corrected chi connectivity index (χ0v) is 17.7. The van der Waals surface area contributed by atoms with Gasteiger partial charge in [-0.05, 0) is 26.8 Å². The van der Waals surface area contributed by atoms with Crippen molar-refractivity contribution < 1.29 is 14.6 Å². The Hall–Kier alpha value is -3.07. The fourth-order valence-corrected chi connectivity index (χ4v) is 3.58. The predicted molar refractivity (Wildman–Crippen MR) is 114 cm³/mol. The van der Waals surface area contributed by atoms with Crippen LogP contribution in [0.25, 0.3) is 16.6 Å². The standard InChI is InChI=1S/C21H28N6O3/c1-21(2,3)30-20(29)25-8-6-24(7-9-25)19-13-23-27-15-16(4-5-18(19)27)17-12-22-26(14-17)10-11-28/h4-5,12-15,28H,6-11H2,1-3H3. The molecule has 1 aliphatic rings. The molecule has 4 heterocycles. The first-order valence-corrected chi connectivity index (χ1v) is 10.2. The number of amides is 1. The molecule has 9 nitrogen and oxygen atoms in total. The highest BCUT2D eigenvalue weighted by atomic mass is 16.6. The van der Waals surface area contributed by atoms with E-state index in [1.54, 1.807) is 15.8 Å². The summed E-state index contributed by atoms with van der Waals surface area (Å²) in [4.78, 5) is 16.3. The molecule has 0 radical (unpaired) electrons. The maximum atomic E-state index is 12.3. The smallest absolute Gasteiger partial charge is 0.410 e. The van der Waals surface area contributed by atoms with Gasteiger partial charge < -0.3 is 19.6 Å². The Morgan fingerprint density at radius 2 is 1.83 bits per heavy atom. The zero-order valence-electron chi connectivity index (χ0n) is 17.7. The van der Waals surface area contributed by atoms with Crippen molar-refractivity contribution >= 4 is 17.3 Å². The number of rotatable bonds is 4. The molecule has 0 spiro atoms. The lowest BCUT2D eigenvalue weighted by molar-refractivity contribution is 0.0240. The summed E-state index contributed by atoms with van der Waals surface area (Å²) in [5.74, 6) is 0. The summed E-state index contributed by atoms with van der Waals surface area (Å²) in [5, 5.41) is 17.8. The van der Waals surface area contributed by atoms with Crippen LogP contribution in [0.1, 0.15) is 20.8 Å². The molecule has 0 unspecified atom stereocenters. The summed E-state index contributed by atoms with van der Waals surface area (Å²) in [6.07, 6.45) is 7.30. The minimum Gasteiger partial charge on any atom is -0.444 e. The number of carbonyl (C=O) groups is 1. The van der Waals surface area contributed by atoms with Gasteiger partial charge in [0.1, 0.15) is 5.60 Å². The summed E-state index contributed by atoms with van der Waals surface area (Å²) in [5.41, 5.74) is 3.58. The van der Waals surface area contributed by atoms with Gasteiger partial charge in [0.25, 0.3) is 0 Å². The van der Waals surface area contributed by atoms with E-state index < -0.39 is 5.60 Å². The molecule has 9 heteroatoms. The van der Waals surface area contributed by atoms with Crippen LogP contribution in [0, 0.1) is 0 Å². The van der Waals surface area contributed by atoms with Crippen molar-refractivity contribution in [2.75, 3.05) is 37.7 Å². The van der Waals surface area contributed by atoms with Crippen molar-refractivity contribution in [2.24, 2.45) is 0 Å². The zero-order chi connectivity index (χ0) is 21.3. The molecule has 4 rings (SSSR count). The minimum atomic E-state index is -0.483. The van der Waals surface area contributed by atoms with E-state index in [1.165, 1.54) is 0 Å². The monoisotopic (exact) mass is 412 g/mol. The predicted octanol–water partition coefficient (Wildman–Crippen LogP) is 2.25. The molecular formula is C21H28N6O3. The average Bonchev–Trinajstić information content (AvgIpc) is 3.33. The molecule has 0 saturated carbocycles. The van der Waals surface area contributed by atoms with Crippen molar-refractivity contribution in [2.45, 2.75) is 32.9 Å². The van der Waals surface area contributed by atoms with Gasteiger partial charge in [-0.1, -0.05) is 6.07 Å². The fraction of sp³-hybridized carbons (Fsp3) is 0.476. The topological polar surface area (TPSA) is 88.1 Å². The van der Waals surface area contributed by atoms with Crippen molar-refractivity contribution in [3.05, 3.63) is 36.9 Å². The first-order chi connectivity index (χ1) is 14.3. The van der Waals surface area contributed by atoms with E-state index >= 15 is 0 Å². The number of aliphatic hydroxyl groups is 1. The van der Waals surface area contributed by atoms with Gasteiger partial charge in [-0.3, -0.25) is 4.68 Å². The highest BCUT2D eigenvalue weighted by Gasteiger charge is 2.27. The van der Waals surface area contributed by atoms with E-state index in [0.717, 1.165) is 35.4 Å². The van der Waals surface area contributed by atoms with Gasteiger partial charge >= 0.3 is 6.09 Å². The third-order valence-electron chi connectivity index (χ3n) is 5.06. The van der Waals surface area contributed by atoms with Crippen molar-refractivity contribution in [1.29, 1.82) is 0 Å². The van der Waals surface area contributed by atoms with Gasteiger partial charge in [-0.25, -0.2) is 9.31 Å². The average molecular weight is 412 g/mol. The Bertz CT molecular complexity index is 1030. The number of nitrogens with zero attached hydrogens (tertiary/aromatic N) is 6. The van der Waals surface area contributed by atoms with Crippen LogP contribution >= 0.6 is 0 Å². The number of carbonyl (C=O) groups excluding carboxylic acids is 1. The number of hydrogen-bond donors (Lipinski definition) is 1. The van der Waals surface area contributed by atoms with Gasteiger partial charge in [0.2, 0.25) is 0 Å². The van der Waals surface area contributed by atoms with Crippen LogP contribution in [0.5, 0.6) is 0 Å². The van der Waals surface area contributed by atoms with Crippen LogP contribution in [-0.2, 0) is 11.3 Å². The van der Waals surface area contributed by atoms with Gasteiger partial charge in [-0.15, -0.1) is 0 Å². The molecule has 1 saturated heterocycles. The van der Waals surface area contributed by atoms with Gasteiger partial charge in [0, 0.05) is 49.7 Å². The van der Waals surface area contributed by atoms with Crippen LogP contribution < -0.4 is 4.90 Å². The third-order valence-corrected chi connectivity index (χ3v) is 5.06. The van der Waals surface area contributed by atoms with E-state index in [0.29, 0.717) is 19.6 Å². The molecule has 1 fully saturated rings. The lowest BCUT2D eigenvalue weighted by atomic mass is 10.1. The number of aliphatic hydroxyl groups excluding tert-OH is 1. The second-order valence-electron chi connectivity index (χ2n) is 8.45. The molecule has 3 aromatic rings. The van der Waals surface area contributed by atoms with Crippen LogP contribution in [0.2, 0.25) is 0 Å². The van der Waals surface area contributed by atoms with Crippen LogP contribution in [-0.4, -0.2) is 73.9 Å². The fourth-order valence-electron chi connectivity index (χ4n) is 3.58. The minimum absolute atomic E-state index is 0.0594. The molecule has 0 aliphatic carbocycles. The van der Waals surface area contributed by atoms with E-state index in [1.807, 2.05) is 43.9 Å². The van der Waals surface area contributed by atoms with Crippen molar-refractivity contribution in [3.8, 4) is 11.1 Å². The second-order valence-corrected chi connectivity index (χ2v) is 8.45. The Kier molecular flexibility index (Phi) is 5.38. The van der Waals surface area contributed by atoms with Crippen LogP contribution in [0.4, 0.5) is 10.5 Å². The summed E-state index contributed by atoms with van der Waals surface area (Å²) >= 11 is 0. The van der Waals surface area contributed by atoms with E-state index in [-0.39, 0.29) is 12.7 Å². The summed E-state index contributed by atoms with van der Waals surface area (Å²) in [6.45, 7) is 8.88. The third kappa shape index (κ3) is 4.25. The first kappa shape index (κ1) is 20.2. The van der Waals surface area contributed by atoms with Gasteiger partial charge in [-0.2, -0.15) is 10.2 Å². The van der Waals surface area contributed by atoms with Gasteiger partial charge in [0.15, 0.2) is 0 Å². The molecule has 1 amide bonds. The first-order valence-electron chi connectivity index (χ1n) is 10.2. The SMILES string of the molecule is CC(C)(C)OC(=O)N1CCN(c2cnn3cc(-c4cnn(CCO)c4)ccc23)CC1.